The molecule has 27 heavy (non-hydrogen) atoms. The molecular formula is C20H19N3O4. The normalized spacial score (nSPS) is 10.4. The summed E-state index contributed by atoms with van der Waals surface area (Å²) in [6.07, 6.45) is 0. The molecule has 2 aromatic carbocycles. The summed E-state index contributed by atoms with van der Waals surface area (Å²) in [5.74, 6) is -0.202. The molecule has 7 heteroatoms. The number of hydrogen-bond acceptors (Lipinski definition) is 5. The van der Waals surface area contributed by atoms with Crippen LogP contribution < -0.4 is 15.4 Å². The minimum atomic E-state index is -0.352. The quantitative estimate of drug-likeness (QED) is 0.701. The third-order valence-corrected chi connectivity index (χ3v) is 3.83. The maximum atomic E-state index is 12.6. The molecule has 138 valence electrons. The Labute approximate surface area is 156 Å². The molecule has 0 aliphatic rings. The first-order chi connectivity index (χ1) is 13.1. The molecule has 0 radical (unpaired) electrons. The molecule has 1 aromatic heterocycles. The molecule has 0 aliphatic carbocycles. The SMILES string of the molecule is COCC(=O)Nc1ccc(NC(=O)c2cc3ccccc3c(OC)n2)cc1. The van der Waals surface area contributed by atoms with Crippen LogP contribution in [0.5, 0.6) is 5.88 Å². The highest BCUT2D eigenvalue weighted by Crippen LogP contribution is 2.24. The van der Waals surface area contributed by atoms with Crippen LogP contribution in [0.3, 0.4) is 0 Å². The van der Waals surface area contributed by atoms with E-state index in [9.17, 15) is 9.59 Å². The molecule has 3 aromatic rings. The number of amides is 2. The minimum absolute atomic E-state index is 0.0199. The maximum Gasteiger partial charge on any atom is 0.274 e. The second kappa shape index (κ2) is 8.29. The monoisotopic (exact) mass is 365 g/mol. The van der Waals surface area contributed by atoms with Crippen LogP contribution in [0.4, 0.5) is 11.4 Å². The molecule has 0 aliphatic heterocycles. The fourth-order valence-corrected chi connectivity index (χ4v) is 2.60. The second-order valence-electron chi connectivity index (χ2n) is 5.75. The van der Waals surface area contributed by atoms with Crippen LogP contribution in [0, 0.1) is 0 Å². The van der Waals surface area contributed by atoms with Crippen molar-refractivity contribution in [1.29, 1.82) is 0 Å². The van der Waals surface area contributed by atoms with E-state index in [1.54, 1.807) is 30.3 Å². The molecule has 0 unspecified atom stereocenters. The van der Waals surface area contributed by atoms with Crippen molar-refractivity contribution in [1.82, 2.24) is 4.98 Å². The number of aromatic nitrogens is 1. The van der Waals surface area contributed by atoms with Gasteiger partial charge in [0.05, 0.1) is 7.11 Å². The number of methoxy groups -OCH3 is 2. The summed E-state index contributed by atoms with van der Waals surface area (Å²) in [7, 11) is 2.97. The molecule has 0 spiro atoms. The van der Waals surface area contributed by atoms with E-state index in [2.05, 4.69) is 15.6 Å². The van der Waals surface area contributed by atoms with Crippen LogP contribution in [0.2, 0.25) is 0 Å². The van der Waals surface area contributed by atoms with Crippen molar-refractivity contribution in [3.8, 4) is 5.88 Å². The zero-order valence-corrected chi connectivity index (χ0v) is 15.0. The number of benzene rings is 2. The smallest absolute Gasteiger partial charge is 0.274 e. The predicted molar refractivity (Wildman–Crippen MR) is 103 cm³/mol. The molecule has 7 nitrogen and oxygen atoms in total. The van der Waals surface area contributed by atoms with Gasteiger partial charge in [-0.1, -0.05) is 18.2 Å². The van der Waals surface area contributed by atoms with Gasteiger partial charge >= 0.3 is 0 Å². The second-order valence-corrected chi connectivity index (χ2v) is 5.75. The van der Waals surface area contributed by atoms with Gasteiger partial charge < -0.3 is 20.1 Å². The van der Waals surface area contributed by atoms with Crippen LogP contribution in [-0.4, -0.2) is 37.6 Å². The topological polar surface area (TPSA) is 89.6 Å². The van der Waals surface area contributed by atoms with Crippen LogP contribution in [-0.2, 0) is 9.53 Å². The first-order valence-electron chi connectivity index (χ1n) is 8.24. The number of fused-ring (bicyclic) bond motifs is 1. The van der Waals surface area contributed by atoms with Gasteiger partial charge in [-0.2, -0.15) is 0 Å². The molecule has 1 heterocycles. The number of nitrogens with one attached hydrogen (secondary N) is 2. The molecular weight excluding hydrogens is 346 g/mol. The lowest BCUT2D eigenvalue weighted by molar-refractivity contribution is -0.119. The van der Waals surface area contributed by atoms with Gasteiger partial charge in [0.1, 0.15) is 12.3 Å². The lowest BCUT2D eigenvalue weighted by Gasteiger charge is -2.10. The summed E-state index contributed by atoms with van der Waals surface area (Å²) < 4.78 is 10.1. The summed E-state index contributed by atoms with van der Waals surface area (Å²) in [5.41, 5.74) is 1.45. The number of pyridine rings is 1. The average molecular weight is 365 g/mol. The third kappa shape index (κ3) is 4.39. The van der Waals surface area contributed by atoms with E-state index in [0.717, 1.165) is 10.8 Å². The van der Waals surface area contributed by atoms with Gasteiger partial charge in [0.2, 0.25) is 11.8 Å². The van der Waals surface area contributed by atoms with Gasteiger partial charge in [0.15, 0.2) is 0 Å². The molecule has 0 fully saturated rings. The number of rotatable bonds is 6. The van der Waals surface area contributed by atoms with E-state index >= 15 is 0 Å². The Balaban J connectivity index is 1.75. The summed E-state index contributed by atoms with van der Waals surface area (Å²) in [4.78, 5) is 28.3. The van der Waals surface area contributed by atoms with Crippen LogP contribution in [0.1, 0.15) is 10.5 Å². The number of carbonyl (C=O) groups excluding carboxylic acids is 2. The van der Waals surface area contributed by atoms with Crippen molar-refractivity contribution in [2.75, 3.05) is 31.5 Å². The summed E-state index contributed by atoms with van der Waals surface area (Å²) in [6.45, 7) is -0.0199. The standard InChI is InChI=1S/C20H19N3O4/c1-26-12-18(24)21-14-7-9-15(10-8-14)22-19(25)17-11-13-5-3-4-6-16(13)20(23-17)27-2/h3-11H,12H2,1-2H3,(H,21,24)(H,22,25). The number of ether oxygens (including phenoxy) is 2. The lowest BCUT2D eigenvalue weighted by atomic mass is 10.1. The van der Waals surface area contributed by atoms with Crippen molar-refractivity contribution >= 4 is 34.0 Å². The minimum Gasteiger partial charge on any atom is -0.481 e. The van der Waals surface area contributed by atoms with Crippen molar-refractivity contribution in [2.24, 2.45) is 0 Å². The fraction of sp³-hybridized carbons (Fsp3) is 0.150. The van der Waals surface area contributed by atoms with E-state index in [4.69, 9.17) is 9.47 Å². The van der Waals surface area contributed by atoms with Crippen LogP contribution in [0.15, 0.2) is 54.6 Å². The van der Waals surface area contributed by atoms with E-state index in [1.807, 2.05) is 24.3 Å². The highest BCUT2D eigenvalue weighted by atomic mass is 16.5. The zero-order valence-electron chi connectivity index (χ0n) is 15.0. The summed E-state index contributed by atoms with van der Waals surface area (Å²) in [5, 5.41) is 7.18. The highest BCUT2D eigenvalue weighted by molar-refractivity contribution is 6.05. The Kier molecular flexibility index (Phi) is 5.63. The number of carbonyl (C=O) groups is 2. The van der Waals surface area contributed by atoms with E-state index in [-0.39, 0.29) is 24.1 Å². The van der Waals surface area contributed by atoms with E-state index in [1.165, 1.54) is 14.2 Å². The van der Waals surface area contributed by atoms with Gasteiger partial charge in [-0.25, -0.2) is 4.98 Å². The van der Waals surface area contributed by atoms with Gasteiger partial charge in [-0.3, -0.25) is 9.59 Å². The molecule has 0 atom stereocenters. The summed E-state index contributed by atoms with van der Waals surface area (Å²) >= 11 is 0. The number of nitrogens with zero attached hydrogens (tertiary/aromatic N) is 1. The molecule has 0 saturated carbocycles. The number of hydrogen-bond donors (Lipinski definition) is 2. The van der Waals surface area contributed by atoms with E-state index in [0.29, 0.717) is 17.3 Å². The Morgan fingerprint density at radius 1 is 0.963 bits per heavy atom. The molecule has 0 bridgehead atoms. The van der Waals surface area contributed by atoms with Gasteiger partial charge in [0.25, 0.3) is 5.91 Å². The Morgan fingerprint density at radius 2 is 1.63 bits per heavy atom. The largest absolute Gasteiger partial charge is 0.481 e. The summed E-state index contributed by atoms with van der Waals surface area (Å²) in [6, 6.07) is 16.0. The van der Waals surface area contributed by atoms with Crippen LogP contribution >= 0.6 is 0 Å². The zero-order chi connectivity index (χ0) is 19.2. The van der Waals surface area contributed by atoms with E-state index < -0.39 is 0 Å². The fourth-order valence-electron chi connectivity index (χ4n) is 2.60. The first-order valence-corrected chi connectivity index (χ1v) is 8.24. The van der Waals surface area contributed by atoms with Gasteiger partial charge in [-0.15, -0.1) is 0 Å². The van der Waals surface area contributed by atoms with Crippen molar-refractivity contribution in [3.05, 3.63) is 60.3 Å². The average Bonchev–Trinajstić information content (AvgIpc) is 2.68. The van der Waals surface area contributed by atoms with Crippen molar-refractivity contribution < 1.29 is 19.1 Å². The molecule has 2 N–H and O–H groups in total. The maximum absolute atomic E-state index is 12.6. The molecule has 3 rings (SSSR count). The van der Waals surface area contributed by atoms with Gasteiger partial charge in [0, 0.05) is 23.9 Å². The number of anilines is 2. The molecule has 0 saturated heterocycles. The first kappa shape index (κ1) is 18.3. The highest BCUT2D eigenvalue weighted by Gasteiger charge is 2.13. The third-order valence-electron chi connectivity index (χ3n) is 3.83. The molecule has 2 amide bonds. The van der Waals surface area contributed by atoms with Crippen molar-refractivity contribution in [3.63, 3.8) is 0 Å². The van der Waals surface area contributed by atoms with Crippen molar-refractivity contribution in [2.45, 2.75) is 0 Å². The Bertz CT molecular complexity index is 971. The Morgan fingerprint density at radius 3 is 2.30 bits per heavy atom. The Hall–Kier alpha value is -3.45. The van der Waals surface area contributed by atoms with Gasteiger partial charge in [-0.05, 0) is 41.8 Å². The predicted octanol–water partition coefficient (Wildman–Crippen LogP) is 3.08. The van der Waals surface area contributed by atoms with Crippen LogP contribution in [0.25, 0.3) is 10.8 Å². The lowest BCUT2D eigenvalue weighted by Crippen LogP contribution is -2.17.